The van der Waals surface area contributed by atoms with Crippen molar-refractivity contribution in [2.24, 2.45) is 11.7 Å². The van der Waals surface area contributed by atoms with Gasteiger partial charge < -0.3 is 15.2 Å². The lowest BCUT2D eigenvalue weighted by molar-refractivity contribution is -0.0729. The van der Waals surface area contributed by atoms with Crippen LogP contribution >= 0.6 is 0 Å². The molecule has 152 valence electrons. The second-order valence-corrected chi connectivity index (χ2v) is 7.48. The molecule has 4 atom stereocenters. The van der Waals surface area contributed by atoms with Gasteiger partial charge in [-0.05, 0) is 25.5 Å². The van der Waals surface area contributed by atoms with E-state index < -0.39 is 24.0 Å². The Morgan fingerprint density at radius 1 is 1.43 bits per heavy atom. The van der Waals surface area contributed by atoms with Crippen LogP contribution in [0.4, 0.5) is 8.78 Å². The number of allylic oxidation sites excluding steroid dienone is 3. The molecule has 1 aliphatic carbocycles. The van der Waals surface area contributed by atoms with Crippen LogP contribution in [0.5, 0.6) is 0 Å². The number of nitrogens with zero attached hydrogens (tertiary/aromatic N) is 2. The summed E-state index contributed by atoms with van der Waals surface area (Å²) in [6.07, 6.45) is 2.34. The number of nitrogens with two attached hydrogens (primary N) is 1. The van der Waals surface area contributed by atoms with Crippen molar-refractivity contribution in [2.75, 3.05) is 13.2 Å². The predicted octanol–water partition coefficient (Wildman–Crippen LogP) is 2.11. The first-order chi connectivity index (χ1) is 13.5. The minimum Gasteiger partial charge on any atom is -0.461 e. The number of halogens is 2. The maximum absolute atomic E-state index is 14.1. The summed E-state index contributed by atoms with van der Waals surface area (Å²) in [7, 11) is 0. The molecule has 1 fully saturated rings. The number of H-pyrrole nitrogens is 1. The molecular weight excluding hydrogens is 370 g/mol. The van der Waals surface area contributed by atoms with Crippen molar-refractivity contribution in [1.82, 2.24) is 15.1 Å². The minimum absolute atomic E-state index is 0.0196. The number of esters is 1. The van der Waals surface area contributed by atoms with E-state index in [1.165, 1.54) is 0 Å². The average molecular weight is 394 g/mol. The zero-order chi connectivity index (χ0) is 19.8. The van der Waals surface area contributed by atoms with Crippen LogP contribution in [0, 0.1) is 5.92 Å². The lowest BCUT2D eigenvalue weighted by Crippen LogP contribution is -2.53. The fourth-order valence-electron chi connectivity index (χ4n) is 4.26. The van der Waals surface area contributed by atoms with Crippen molar-refractivity contribution < 1.29 is 23.0 Å². The predicted molar refractivity (Wildman–Crippen MR) is 96.4 cm³/mol. The van der Waals surface area contributed by atoms with Gasteiger partial charge in [0.1, 0.15) is 11.7 Å². The molecule has 9 heteroatoms. The van der Waals surface area contributed by atoms with Gasteiger partial charge in [0.15, 0.2) is 5.69 Å². The van der Waals surface area contributed by atoms with Gasteiger partial charge in [-0.2, -0.15) is 5.10 Å². The number of aromatic nitrogens is 2. The summed E-state index contributed by atoms with van der Waals surface area (Å²) < 4.78 is 38.7. The molecule has 3 heterocycles. The topological polar surface area (TPSA) is 93.5 Å². The fourth-order valence-corrected chi connectivity index (χ4v) is 4.26. The van der Waals surface area contributed by atoms with Gasteiger partial charge in [0, 0.05) is 43.1 Å². The SMILES string of the molecule is CCOC(=O)c1n[nH]c2c1CN([C@H]1CO[C@H](C3CC(F)=CC=C3F)[C@@H](N)C1)C2. The zero-order valence-corrected chi connectivity index (χ0v) is 15.7. The van der Waals surface area contributed by atoms with Gasteiger partial charge in [-0.3, -0.25) is 10.00 Å². The molecule has 4 rings (SSSR count). The maximum Gasteiger partial charge on any atom is 0.359 e. The highest BCUT2D eigenvalue weighted by Crippen LogP contribution is 2.36. The summed E-state index contributed by atoms with van der Waals surface area (Å²) in [5.74, 6) is -1.86. The van der Waals surface area contributed by atoms with Crippen molar-refractivity contribution in [1.29, 1.82) is 0 Å². The lowest BCUT2D eigenvalue weighted by Gasteiger charge is -2.41. The quantitative estimate of drug-likeness (QED) is 0.760. The van der Waals surface area contributed by atoms with Crippen molar-refractivity contribution in [2.45, 2.75) is 51.0 Å². The van der Waals surface area contributed by atoms with Crippen LogP contribution in [-0.2, 0) is 22.6 Å². The highest BCUT2D eigenvalue weighted by atomic mass is 19.1. The molecule has 0 amide bonds. The molecule has 0 radical (unpaired) electrons. The zero-order valence-electron chi connectivity index (χ0n) is 15.7. The summed E-state index contributed by atoms with van der Waals surface area (Å²) in [5, 5.41) is 6.98. The van der Waals surface area contributed by atoms with Gasteiger partial charge >= 0.3 is 5.97 Å². The van der Waals surface area contributed by atoms with Gasteiger partial charge in [-0.1, -0.05) is 0 Å². The number of nitrogens with one attached hydrogen (secondary N) is 1. The van der Waals surface area contributed by atoms with Crippen LogP contribution in [0.25, 0.3) is 0 Å². The maximum atomic E-state index is 14.1. The minimum atomic E-state index is -0.674. The largest absolute Gasteiger partial charge is 0.461 e. The van der Waals surface area contributed by atoms with E-state index in [9.17, 15) is 13.6 Å². The van der Waals surface area contributed by atoms with Crippen LogP contribution in [0.3, 0.4) is 0 Å². The molecule has 1 saturated heterocycles. The number of hydrogen-bond acceptors (Lipinski definition) is 6. The van der Waals surface area contributed by atoms with E-state index in [4.69, 9.17) is 15.2 Å². The Kier molecular flexibility index (Phi) is 5.31. The van der Waals surface area contributed by atoms with Gasteiger partial charge in [0.05, 0.1) is 25.0 Å². The van der Waals surface area contributed by atoms with E-state index in [-0.39, 0.29) is 24.1 Å². The molecule has 28 heavy (non-hydrogen) atoms. The Morgan fingerprint density at radius 3 is 3.00 bits per heavy atom. The molecule has 0 saturated carbocycles. The third-order valence-electron chi connectivity index (χ3n) is 5.70. The van der Waals surface area contributed by atoms with Crippen LogP contribution < -0.4 is 5.73 Å². The van der Waals surface area contributed by atoms with Crippen molar-refractivity contribution in [3.05, 3.63) is 40.8 Å². The van der Waals surface area contributed by atoms with E-state index in [1.807, 2.05) is 0 Å². The number of aromatic amines is 1. The van der Waals surface area contributed by atoms with E-state index in [0.717, 1.165) is 23.4 Å². The smallest absolute Gasteiger partial charge is 0.359 e. The first kappa shape index (κ1) is 19.2. The summed E-state index contributed by atoms with van der Waals surface area (Å²) in [6.45, 7) is 3.56. The Bertz CT molecular complexity index is 822. The number of carbonyl (C=O) groups is 1. The molecule has 0 aromatic carbocycles. The molecule has 3 N–H and O–H groups in total. The van der Waals surface area contributed by atoms with Crippen molar-refractivity contribution >= 4 is 5.97 Å². The first-order valence-electron chi connectivity index (χ1n) is 9.54. The Morgan fingerprint density at radius 2 is 2.25 bits per heavy atom. The van der Waals surface area contributed by atoms with E-state index >= 15 is 0 Å². The van der Waals surface area contributed by atoms with Gasteiger partial charge in [0.2, 0.25) is 0 Å². The van der Waals surface area contributed by atoms with Gasteiger partial charge in [-0.15, -0.1) is 0 Å². The summed E-state index contributed by atoms with van der Waals surface area (Å²) in [4.78, 5) is 14.2. The molecule has 2 aliphatic heterocycles. The second kappa shape index (κ2) is 7.73. The molecular formula is C19H24F2N4O3. The Hall–Kier alpha value is -2.10. The normalized spacial score (nSPS) is 30.6. The third-order valence-corrected chi connectivity index (χ3v) is 5.70. The highest BCUT2D eigenvalue weighted by molar-refractivity contribution is 5.89. The highest BCUT2D eigenvalue weighted by Gasteiger charge is 2.41. The molecule has 0 spiro atoms. The molecule has 0 bridgehead atoms. The molecule has 1 aromatic heterocycles. The summed E-state index contributed by atoms with van der Waals surface area (Å²) in [6, 6.07) is -0.381. The standard InChI is InChI=1S/C19H24F2N4O3/c1-2-27-19(26)17-13-7-25(8-16(13)23-24-17)11-6-15(22)18(28-9-11)12-5-10(20)3-4-14(12)21/h3-4,11-12,15,18H,2,5-9,22H2,1H3,(H,23,24)/t11-,12?,15+,18-/m1/s1. The van der Waals surface area contributed by atoms with E-state index in [0.29, 0.717) is 38.4 Å². The number of fused-ring (bicyclic) bond motifs is 1. The third kappa shape index (κ3) is 3.49. The molecule has 3 aliphatic rings. The van der Waals surface area contributed by atoms with Crippen LogP contribution in [0.15, 0.2) is 23.8 Å². The van der Waals surface area contributed by atoms with E-state index in [1.54, 1.807) is 6.92 Å². The average Bonchev–Trinajstić information content (AvgIpc) is 3.24. The van der Waals surface area contributed by atoms with Crippen LogP contribution in [0.2, 0.25) is 0 Å². The fraction of sp³-hybridized carbons (Fsp3) is 0.579. The Labute approximate surface area is 161 Å². The molecule has 1 unspecified atom stereocenters. The number of carbonyl (C=O) groups excluding carboxylic acids is 1. The van der Waals surface area contributed by atoms with Gasteiger partial charge in [0.25, 0.3) is 0 Å². The van der Waals surface area contributed by atoms with Crippen LogP contribution in [-0.4, -0.2) is 52.5 Å². The van der Waals surface area contributed by atoms with E-state index in [2.05, 4.69) is 15.1 Å². The number of hydrogen-bond donors (Lipinski definition) is 2. The van der Waals surface area contributed by atoms with Crippen LogP contribution in [0.1, 0.15) is 41.5 Å². The summed E-state index contributed by atoms with van der Waals surface area (Å²) >= 11 is 0. The summed E-state index contributed by atoms with van der Waals surface area (Å²) in [5.41, 5.74) is 8.32. The first-order valence-corrected chi connectivity index (χ1v) is 9.54. The second-order valence-electron chi connectivity index (χ2n) is 7.48. The molecule has 7 nitrogen and oxygen atoms in total. The molecule has 1 aromatic rings. The lowest BCUT2D eigenvalue weighted by atomic mass is 9.85. The van der Waals surface area contributed by atoms with Crippen molar-refractivity contribution in [3.8, 4) is 0 Å². The monoisotopic (exact) mass is 394 g/mol. The Balaban J connectivity index is 1.40. The van der Waals surface area contributed by atoms with Crippen molar-refractivity contribution in [3.63, 3.8) is 0 Å². The number of rotatable bonds is 4. The number of ether oxygens (including phenoxy) is 2. The van der Waals surface area contributed by atoms with Gasteiger partial charge in [-0.25, -0.2) is 13.6 Å².